The van der Waals surface area contributed by atoms with Crippen LogP contribution in [0.1, 0.15) is 16.9 Å². The maximum atomic E-state index is 12.7. The van der Waals surface area contributed by atoms with Crippen LogP contribution in [0.15, 0.2) is 77.4 Å². The SMILES string of the molecule is O=C(COCc1ccccc1)N(Cc1ccc([N+](=O)[O-])cc1)Cc1ccco1. The van der Waals surface area contributed by atoms with Crippen molar-refractivity contribution in [1.82, 2.24) is 4.90 Å². The van der Waals surface area contributed by atoms with E-state index in [0.717, 1.165) is 11.1 Å². The van der Waals surface area contributed by atoms with E-state index in [2.05, 4.69) is 0 Å². The van der Waals surface area contributed by atoms with Crippen LogP contribution in [-0.2, 0) is 29.2 Å². The van der Waals surface area contributed by atoms with Crippen molar-refractivity contribution < 1.29 is 18.9 Å². The van der Waals surface area contributed by atoms with Crippen molar-refractivity contribution in [2.24, 2.45) is 0 Å². The number of non-ortho nitro benzene ring substituents is 1. The van der Waals surface area contributed by atoms with E-state index in [1.165, 1.54) is 12.1 Å². The van der Waals surface area contributed by atoms with Crippen LogP contribution in [0, 0.1) is 10.1 Å². The third kappa shape index (κ3) is 5.52. The van der Waals surface area contributed by atoms with Crippen LogP contribution >= 0.6 is 0 Å². The van der Waals surface area contributed by atoms with Gasteiger partial charge in [-0.25, -0.2) is 0 Å². The molecule has 0 N–H and O–H groups in total. The molecule has 0 spiro atoms. The molecule has 28 heavy (non-hydrogen) atoms. The number of amides is 1. The molecule has 7 heteroatoms. The summed E-state index contributed by atoms with van der Waals surface area (Å²) in [6.07, 6.45) is 1.55. The third-order valence-electron chi connectivity index (χ3n) is 4.14. The number of ether oxygens (including phenoxy) is 1. The molecule has 0 fully saturated rings. The van der Waals surface area contributed by atoms with Crippen LogP contribution in [-0.4, -0.2) is 22.3 Å². The highest BCUT2D eigenvalue weighted by molar-refractivity contribution is 5.77. The molecule has 1 amide bonds. The molecule has 0 saturated carbocycles. The molecule has 3 aromatic rings. The smallest absolute Gasteiger partial charge is 0.269 e. The Bertz CT molecular complexity index is 892. The summed E-state index contributed by atoms with van der Waals surface area (Å²) < 4.78 is 10.9. The monoisotopic (exact) mass is 380 g/mol. The predicted octanol–water partition coefficient (Wildman–Crippen LogP) is 3.93. The number of rotatable bonds is 9. The van der Waals surface area contributed by atoms with E-state index in [9.17, 15) is 14.9 Å². The van der Waals surface area contributed by atoms with E-state index in [4.69, 9.17) is 9.15 Å². The fourth-order valence-electron chi connectivity index (χ4n) is 2.69. The van der Waals surface area contributed by atoms with Gasteiger partial charge < -0.3 is 14.1 Å². The van der Waals surface area contributed by atoms with Gasteiger partial charge in [0.05, 0.1) is 24.3 Å². The van der Waals surface area contributed by atoms with Gasteiger partial charge >= 0.3 is 0 Å². The van der Waals surface area contributed by atoms with Gasteiger partial charge in [-0.1, -0.05) is 42.5 Å². The van der Waals surface area contributed by atoms with E-state index < -0.39 is 4.92 Å². The van der Waals surface area contributed by atoms with Crippen LogP contribution in [0.25, 0.3) is 0 Å². The molecular formula is C21H20N2O5. The van der Waals surface area contributed by atoms with Gasteiger partial charge in [-0.15, -0.1) is 0 Å². The molecule has 7 nitrogen and oxygen atoms in total. The zero-order chi connectivity index (χ0) is 19.8. The first kappa shape index (κ1) is 19.3. The minimum Gasteiger partial charge on any atom is -0.467 e. The molecule has 1 heterocycles. The van der Waals surface area contributed by atoms with Gasteiger partial charge in [-0.3, -0.25) is 14.9 Å². The Balaban J connectivity index is 1.63. The molecular weight excluding hydrogens is 360 g/mol. The number of carbonyl (C=O) groups excluding carboxylic acids is 1. The van der Waals surface area contributed by atoms with Crippen molar-refractivity contribution in [3.8, 4) is 0 Å². The third-order valence-corrected chi connectivity index (χ3v) is 4.14. The lowest BCUT2D eigenvalue weighted by Gasteiger charge is -2.22. The summed E-state index contributed by atoms with van der Waals surface area (Å²) >= 11 is 0. The van der Waals surface area contributed by atoms with Crippen molar-refractivity contribution in [2.45, 2.75) is 19.7 Å². The number of hydrogen-bond donors (Lipinski definition) is 0. The van der Waals surface area contributed by atoms with E-state index in [0.29, 0.717) is 18.9 Å². The molecule has 0 bridgehead atoms. The van der Waals surface area contributed by atoms with Crippen molar-refractivity contribution >= 4 is 11.6 Å². The van der Waals surface area contributed by atoms with E-state index in [1.54, 1.807) is 35.4 Å². The van der Waals surface area contributed by atoms with Crippen molar-refractivity contribution in [3.05, 3.63) is 100.0 Å². The Kier molecular flexibility index (Phi) is 6.54. The maximum Gasteiger partial charge on any atom is 0.269 e. The molecule has 0 saturated heterocycles. The topological polar surface area (TPSA) is 85.8 Å². The summed E-state index contributed by atoms with van der Waals surface area (Å²) in [5.74, 6) is 0.462. The summed E-state index contributed by atoms with van der Waals surface area (Å²) in [6, 6.07) is 19.3. The first-order chi connectivity index (χ1) is 13.6. The molecule has 0 atom stereocenters. The van der Waals surface area contributed by atoms with Crippen LogP contribution in [0.5, 0.6) is 0 Å². The molecule has 0 aliphatic carbocycles. The van der Waals surface area contributed by atoms with Crippen LogP contribution in [0.3, 0.4) is 0 Å². The highest BCUT2D eigenvalue weighted by atomic mass is 16.6. The largest absolute Gasteiger partial charge is 0.467 e. The first-order valence-electron chi connectivity index (χ1n) is 8.77. The summed E-state index contributed by atoms with van der Waals surface area (Å²) in [7, 11) is 0. The lowest BCUT2D eigenvalue weighted by molar-refractivity contribution is -0.384. The van der Waals surface area contributed by atoms with E-state index in [-0.39, 0.29) is 24.7 Å². The number of nitro benzene ring substituents is 1. The average molecular weight is 380 g/mol. The molecule has 1 aromatic heterocycles. The summed E-state index contributed by atoms with van der Waals surface area (Å²) in [5, 5.41) is 10.8. The fraction of sp³-hybridized carbons (Fsp3) is 0.190. The average Bonchev–Trinajstić information content (AvgIpc) is 3.22. The number of furan rings is 1. The summed E-state index contributed by atoms with van der Waals surface area (Å²) in [6.45, 7) is 0.866. The Morgan fingerprint density at radius 1 is 0.964 bits per heavy atom. The first-order valence-corrected chi connectivity index (χ1v) is 8.77. The highest BCUT2D eigenvalue weighted by Crippen LogP contribution is 2.16. The number of carbonyl (C=O) groups is 1. The molecule has 0 aliphatic rings. The normalized spacial score (nSPS) is 10.6. The van der Waals surface area contributed by atoms with Gasteiger partial charge in [-0.05, 0) is 23.3 Å². The van der Waals surface area contributed by atoms with Crippen molar-refractivity contribution in [2.75, 3.05) is 6.61 Å². The molecule has 2 aromatic carbocycles. The molecule has 0 unspecified atom stereocenters. The van der Waals surface area contributed by atoms with Gasteiger partial charge in [-0.2, -0.15) is 0 Å². The zero-order valence-electron chi connectivity index (χ0n) is 15.2. The van der Waals surface area contributed by atoms with Gasteiger partial charge in [0.15, 0.2) is 0 Å². The van der Waals surface area contributed by atoms with Gasteiger partial charge in [0.1, 0.15) is 12.4 Å². The van der Waals surface area contributed by atoms with Gasteiger partial charge in [0.2, 0.25) is 5.91 Å². The zero-order valence-corrected chi connectivity index (χ0v) is 15.2. The Labute approximate surface area is 162 Å². The molecule has 3 rings (SSSR count). The molecule has 144 valence electrons. The second-order valence-electron chi connectivity index (χ2n) is 6.23. The molecule has 0 radical (unpaired) electrons. The van der Waals surface area contributed by atoms with Crippen LogP contribution in [0.4, 0.5) is 5.69 Å². The number of benzene rings is 2. The highest BCUT2D eigenvalue weighted by Gasteiger charge is 2.17. The Morgan fingerprint density at radius 2 is 1.71 bits per heavy atom. The quantitative estimate of drug-likeness (QED) is 0.415. The van der Waals surface area contributed by atoms with E-state index in [1.807, 2.05) is 30.3 Å². The predicted molar refractivity (Wildman–Crippen MR) is 102 cm³/mol. The van der Waals surface area contributed by atoms with Crippen LogP contribution in [0.2, 0.25) is 0 Å². The molecule has 0 aliphatic heterocycles. The maximum absolute atomic E-state index is 12.7. The van der Waals surface area contributed by atoms with Crippen LogP contribution < -0.4 is 0 Å². The lowest BCUT2D eigenvalue weighted by Crippen LogP contribution is -2.33. The number of nitro groups is 1. The Morgan fingerprint density at radius 3 is 2.36 bits per heavy atom. The Hall–Kier alpha value is -3.45. The second kappa shape index (κ2) is 9.48. The van der Waals surface area contributed by atoms with Crippen molar-refractivity contribution in [3.63, 3.8) is 0 Å². The summed E-state index contributed by atoms with van der Waals surface area (Å²) in [4.78, 5) is 24.6. The summed E-state index contributed by atoms with van der Waals surface area (Å²) in [5.41, 5.74) is 1.79. The van der Waals surface area contributed by atoms with E-state index >= 15 is 0 Å². The standard InChI is InChI=1S/C21H20N2O5/c24-21(16-27-15-18-5-2-1-3-6-18)22(14-20-7-4-12-28-20)13-17-8-10-19(11-9-17)23(25)26/h1-12H,13-16H2. The lowest BCUT2D eigenvalue weighted by atomic mass is 10.2. The van der Waals surface area contributed by atoms with Gasteiger partial charge in [0, 0.05) is 18.7 Å². The fourth-order valence-corrected chi connectivity index (χ4v) is 2.69. The second-order valence-corrected chi connectivity index (χ2v) is 6.23. The van der Waals surface area contributed by atoms with Crippen molar-refractivity contribution in [1.29, 1.82) is 0 Å². The number of nitrogens with zero attached hydrogens (tertiary/aromatic N) is 2. The van der Waals surface area contributed by atoms with Gasteiger partial charge in [0.25, 0.3) is 5.69 Å². The number of hydrogen-bond acceptors (Lipinski definition) is 5. The minimum atomic E-state index is -0.451. The minimum absolute atomic E-state index is 0.0128.